The summed E-state index contributed by atoms with van der Waals surface area (Å²) >= 11 is 0. The maximum atomic E-state index is 14.0. The van der Waals surface area contributed by atoms with Gasteiger partial charge < -0.3 is 10.5 Å². The Hall–Kier alpha value is -2.24. The molecule has 5 nitrogen and oxygen atoms in total. The van der Waals surface area contributed by atoms with Gasteiger partial charge >= 0.3 is 6.18 Å². The molecular weight excluding hydrogens is 402 g/mol. The first-order valence-corrected chi connectivity index (χ1v) is 8.81. The maximum absolute atomic E-state index is 14.0. The standard InChI is InChI=1S/C18H16F6N4O/c19-11-3-13(21)12(20)2-10(11)16-14(25)1-9(7-29-16)28-5-8-4-26-17(18(22,23)24)27-15(8)6-28/h2-4,9,14,16H,1,5-7,25H2. The molecule has 1 aromatic heterocycles. The molecule has 2 aromatic rings. The second-order valence-corrected chi connectivity index (χ2v) is 7.16. The number of rotatable bonds is 2. The fourth-order valence-electron chi connectivity index (χ4n) is 3.75. The van der Waals surface area contributed by atoms with Crippen LogP contribution in [0.4, 0.5) is 26.3 Å². The maximum Gasteiger partial charge on any atom is 0.451 e. The summed E-state index contributed by atoms with van der Waals surface area (Å²) < 4.78 is 84.7. The molecule has 0 aliphatic carbocycles. The SMILES string of the molecule is NC1CC(N2Cc3cnc(C(F)(F)F)nc3C2)COC1c1cc(F)c(F)cc1F. The third-order valence-corrected chi connectivity index (χ3v) is 5.20. The summed E-state index contributed by atoms with van der Waals surface area (Å²) in [6.07, 6.45) is -4.09. The van der Waals surface area contributed by atoms with Gasteiger partial charge in [0.05, 0.1) is 12.3 Å². The van der Waals surface area contributed by atoms with Crippen molar-refractivity contribution in [3.05, 3.63) is 58.4 Å². The fourth-order valence-corrected chi connectivity index (χ4v) is 3.75. The van der Waals surface area contributed by atoms with Gasteiger partial charge in [-0.2, -0.15) is 13.2 Å². The number of fused-ring (bicyclic) bond motifs is 1. The minimum atomic E-state index is -4.62. The number of halogens is 6. The van der Waals surface area contributed by atoms with Gasteiger partial charge in [0, 0.05) is 48.6 Å². The van der Waals surface area contributed by atoms with Crippen LogP contribution in [0.5, 0.6) is 0 Å². The highest BCUT2D eigenvalue weighted by Gasteiger charge is 2.39. The van der Waals surface area contributed by atoms with Gasteiger partial charge in [-0.1, -0.05) is 0 Å². The summed E-state index contributed by atoms with van der Waals surface area (Å²) in [5.74, 6) is -4.65. The zero-order valence-corrected chi connectivity index (χ0v) is 14.9. The Labute approximate surface area is 161 Å². The van der Waals surface area contributed by atoms with E-state index >= 15 is 0 Å². The van der Waals surface area contributed by atoms with Crippen molar-refractivity contribution in [1.82, 2.24) is 14.9 Å². The molecule has 1 saturated heterocycles. The topological polar surface area (TPSA) is 64.3 Å². The molecule has 29 heavy (non-hydrogen) atoms. The molecule has 0 radical (unpaired) electrons. The van der Waals surface area contributed by atoms with E-state index in [9.17, 15) is 26.3 Å². The van der Waals surface area contributed by atoms with Crippen LogP contribution < -0.4 is 5.73 Å². The molecular formula is C18H16F6N4O. The molecule has 2 aliphatic heterocycles. The average Bonchev–Trinajstić information content (AvgIpc) is 3.07. The lowest BCUT2D eigenvalue weighted by Gasteiger charge is -2.38. The molecule has 156 valence electrons. The van der Waals surface area contributed by atoms with Crippen LogP contribution in [0.2, 0.25) is 0 Å². The van der Waals surface area contributed by atoms with E-state index < -0.39 is 41.6 Å². The number of hydrogen-bond donors (Lipinski definition) is 1. The van der Waals surface area contributed by atoms with Crippen molar-refractivity contribution in [2.45, 2.75) is 43.9 Å². The van der Waals surface area contributed by atoms with Crippen LogP contribution in [0, 0.1) is 17.5 Å². The van der Waals surface area contributed by atoms with Crippen molar-refractivity contribution in [1.29, 1.82) is 0 Å². The highest BCUT2D eigenvalue weighted by Crippen LogP contribution is 2.35. The summed E-state index contributed by atoms with van der Waals surface area (Å²) in [7, 11) is 0. The van der Waals surface area contributed by atoms with E-state index in [2.05, 4.69) is 9.97 Å². The van der Waals surface area contributed by atoms with Gasteiger partial charge in [0.15, 0.2) is 11.6 Å². The molecule has 0 spiro atoms. The molecule has 0 bridgehead atoms. The molecule has 0 saturated carbocycles. The monoisotopic (exact) mass is 418 g/mol. The second kappa shape index (κ2) is 7.22. The van der Waals surface area contributed by atoms with Crippen LogP contribution in [0.15, 0.2) is 18.3 Å². The smallest absolute Gasteiger partial charge is 0.370 e. The molecule has 3 atom stereocenters. The van der Waals surface area contributed by atoms with Gasteiger partial charge in [-0.15, -0.1) is 0 Å². The van der Waals surface area contributed by atoms with Crippen molar-refractivity contribution < 1.29 is 31.1 Å². The number of hydrogen-bond acceptors (Lipinski definition) is 5. The van der Waals surface area contributed by atoms with Crippen LogP contribution >= 0.6 is 0 Å². The van der Waals surface area contributed by atoms with Gasteiger partial charge in [-0.3, -0.25) is 4.90 Å². The average molecular weight is 418 g/mol. The third-order valence-electron chi connectivity index (χ3n) is 5.20. The van der Waals surface area contributed by atoms with E-state index in [0.29, 0.717) is 24.6 Å². The van der Waals surface area contributed by atoms with E-state index in [1.54, 1.807) is 0 Å². The summed E-state index contributed by atoms with van der Waals surface area (Å²) in [5, 5.41) is 0. The Balaban J connectivity index is 1.46. The number of benzene rings is 1. The van der Waals surface area contributed by atoms with E-state index in [0.717, 1.165) is 12.3 Å². The zero-order chi connectivity index (χ0) is 20.9. The van der Waals surface area contributed by atoms with Crippen LogP contribution in [-0.2, 0) is 24.0 Å². The van der Waals surface area contributed by atoms with Crippen molar-refractivity contribution in [2.24, 2.45) is 5.73 Å². The summed E-state index contributed by atoms with van der Waals surface area (Å²) in [6, 6.07) is 0.211. The lowest BCUT2D eigenvalue weighted by atomic mass is 9.93. The molecule has 2 aliphatic rings. The second-order valence-electron chi connectivity index (χ2n) is 7.16. The van der Waals surface area contributed by atoms with Gasteiger partial charge in [0.2, 0.25) is 5.82 Å². The molecule has 3 heterocycles. The normalized spacial score (nSPS) is 25.3. The molecule has 3 unspecified atom stereocenters. The van der Waals surface area contributed by atoms with E-state index in [4.69, 9.17) is 10.5 Å². The van der Waals surface area contributed by atoms with E-state index in [1.165, 1.54) is 0 Å². The number of alkyl halides is 3. The fraction of sp³-hybridized carbons (Fsp3) is 0.444. The molecule has 1 fully saturated rings. The van der Waals surface area contributed by atoms with Crippen LogP contribution in [0.25, 0.3) is 0 Å². The first-order chi connectivity index (χ1) is 13.6. The van der Waals surface area contributed by atoms with Crippen molar-refractivity contribution in [2.75, 3.05) is 6.61 Å². The Kier molecular flexibility index (Phi) is 4.99. The Bertz CT molecular complexity index is 937. The number of aromatic nitrogens is 2. The van der Waals surface area contributed by atoms with E-state index in [-0.39, 0.29) is 30.5 Å². The van der Waals surface area contributed by atoms with Crippen LogP contribution in [0.1, 0.15) is 35.2 Å². The first-order valence-electron chi connectivity index (χ1n) is 8.81. The minimum Gasteiger partial charge on any atom is -0.370 e. The predicted molar refractivity (Wildman–Crippen MR) is 87.7 cm³/mol. The van der Waals surface area contributed by atoms with Crippen molar-refractivity contribution in [3.8, 4) is 0 Å². The van der Waals surface area contributed by atoms with Gasteiger partial charge in [-0.05, 0) is 12.5 Å². The zero-order valence-electron chi connectivity index (χ0n) is 14.9. The largest absolute Gasteiger partial charge is 0.451 e. The molecule has 4 rings (SSSR count). The molecule has 1 aromatic carbocycles. The van der Waals surface area contributed by atoms with Gasteiger partial charge in [0.25, 0.3) is 0 Å². The lowest BCUT2D eigenvalue weighted by Crippen LogP contribution is -2.47. The van der Waals surface area contributed by atoms with E-state index in [1.807, 2.05) is 4.90 Å². The van der Waals surface area contributed by atoms with Gasteiger partial charge in [0.1, 0.15) is 11.9 Å². The van der Waals surface area contributed by atoms with Crippen LogP contribution in [-0.4, -0.2) is 33.6 Å². The summed E-state index contributed by atoms with van der Waals surface area (Å²) in [5.41, 5.74) is 6.80. The Morgan fingerprint density at radius 1 is 1.07 bits per heavy atom. The van der Waals surface area contributed by atoms with Crippen LogP contribution in [0.3, 0.4) is 0 Å². The number of nitrogens with zero attached hydrogens (tertiary/aromatic N) is 3. The molecule has 11 heteroatoms. The minimum absolute atomic E-state index is 0.102. The highest BCUT2D eigenvalue weighted by molar-refractivity contribution is 5.25. The lowest BCUT2D eigenvalue weighted by molar-refractivity contribution is -0.145. The molecule has 2 N–H and O–H groups in total. The predicted octanol–water partition coefficient (Wildman–Crippen LogP) is 3.09. The quantitative estimate of drug-likeness (QED) is 0.600. The highest BCUT2D eigenvalue weighted by atomic mass is 19.4. The van der Waals surface area contributed by atoms with Crippen molar-refractivity contribution >= 4 is 0 Å². The van der Waals surface area contributed by atoms with Gasteiger partial charge in [-0.25, -0.2) is 23.1 Å². The number of ether oxygens (including phenoxy) is 1. The Morgan fingerprint density at radius 2 is 1.79 bits per heavy atom. The van der Waals surface area contributed by atoms with Crippen molar-refractivity contribution in [3.63, 3.8) is 0 Å². The first kappa shape index (κ1) is 20.0. The number of nitrogens with two attached hydrogens (primary N) is 1. The molecule has 0 amide bonds. The summed E-state index contributed by atoms with van der Waals surface area (Å²) in [4.78, 5) is 8.83. The third kappa shape index (κ3) is 3.81. The summed E-state index contributed by atoms with van der Waals surface area (Å²) in [6.45, 7) is 0.606. The Morgan fingerprint density at radius 3 is 2.48 bits per heavy atom.